The van der Waals surface area contributed by atoms with Crippen molar-refractivity contribution in [1.29, 1.82) is 0 Å². The van der Waals surface area contributed by atoms with Crippen LogP contribution >= 0.6 is 34.5 Å². The molecule has 0 bridgehead atoms. The van der Waals surface area contributed by atoms with Crippen LogP contribution in [0.3, 0.4) is 0 Å². The van der Waals surface area contributed by atoms with Crippen LogP contribution in [0.2, 0.25) is 5.02 Å². The number of amides is 1. The minimum Gasteiger partial charge on any atom is -0.346 e. The van der Waals surface area contributed by atoms with Crippen LogP contribution in [0.4, 0.5) is 0 Å². The van der Waals surface area contributed by atoms with Crippen LogP contribution in [0.5, 0.6) is 0 Å². The first-order valence-electron chi connectivity index (χ1n) is 7.40. The molecule has 1 heterocycles. The SMILES string of the molecule is O=C(NCc1ccccc1)c1nnc(/C(Cl)=C/c2cccc(Cl)c2)s1. The molecule has 3 aromatic rings. The molecule has 0 saturated heterocycles. The average Bonchev–Trinajstić information content (AvgIpc) is 3.11. The van der Waals surface area contributed by atoms with Gasteiger partial charge in [0, 0.05) is 11.6 Å². The molecule has 0 radical (unpaired) electrons. The number of rotatable bonds is 5. The van der Waals surface area contributed by atoms with Gasteiger partial charge in [-0.1, -0.05) is 77.0 Å². The Morgan fingerprint density at radius 1 is 1.08 bits per heavy atom. The van der Waals surface area contributed by atoms with Crippen LogP contribution < -0.4 is 5.32 Å². The van der Waals surface area contributed by atoms with Gasteiger partial charge in [-0.25, -0.2) is 0 Å². The summed E-state index contributed by atoms with van der Waals surface area (Å²) in [5.41, 5.74) is 1.86. The lowest BCUT2D eigenvalue weighted by molar-refractivity contribution is 0.0950. The van der Waals surface area contributed by atoms with Gasteiger partial charge in [-0.05, 0) is 29.3 Å². The molecule has 7 heteroatoms. The van der Waals surface area contributed by atoms with Gasteiger partial charge in [-0.2, -0.15) is 0 Å². The van der Waals surface area contributed by atoms with Crippen LogP contribution in [0.1, 0.15) is 25.9 Å². The third-order valence-corrected chi connectivity index (χ3v) is 4.85. The Labute approximate surface area is 159 Å². The molecular formula is C18H13Cl2N3OS. The van der Waals surface area contributed by atoms with E-state index in [4.69, 9.17) is 23.2 Å². The first kappa shape index (κ1) is 17.6. The van der Waals surface area contributed by atoms with E-state index in [0.29, 0.717) is 21.6 Å². The maximum Gasteiger partial charge on any atom is 0.282 e. The zero-order valence-corrected chi connectivity index (χ0v) is 15.3. The van der Waals surface area contributed by atoms with Crippen molar-refractivity contribution in [1.82, 2.24) is 15.5 Å². The molecule has 1 amide bonds. The second-order valence-corrected chi connectivity index (χ2v) is 6.95. The van der Waals surface area contributed by atoms with E-state index in [9.17, 15) is 4.79 Å². The van der Waals surface area contributed by atoms with Crippen molar-refractivity contribution in [3.63, 3.8) is 0 Å². The topological polar surface area (TPSA) is 54.9 Å². The van der Waals surface area contributed by atoms with E-state index in [1.165, 1.54) is 0 Å². The van der Waals surface area contributed by atoms with Gasteiger partial charge in [0.05, 0.1) is 5.03 Å². The summed E-state index contributed by atoms with van der Waals surface area (Å²) < 4.78 is 0. The van der Waals surface area contributed by atoms with Gasteiger partial charge < -0.3 is 5.32 Å². The Morgan fingerprint density at radius 2 is 1.84 bits per heavy atom. The summed E-state index contributed by atoms with van der Waals surface area (Å²) in [6.45, 7) is 0.431. The highest BCUT2D eigenvalue weighted by Crippen LogP contribution is 2.26. The Bertz CT molecular complexity index is 909. The molecule has 25 heavy (non-hydrogen) atoms. The molecule has 2 aromatic carbocycles. The summed E-state index contributed by atoms with van der Waals surface area (Å²) in [5.74, 6) is -0.278. The highest BCUT2D eigenvalue weighted by atomic mass is 35.5. The number of carbonyl (C=O) groups is 1. The van der Waals surface area contributed by atoms with Crippen molar-refractivity contribution < 1.29 is 4.79 Å². The van der Waals surface area contributed by atoms with Crippen molar-refractivity contribution in [2.75, 3.05) is 0 Å². The number of halogens is 2. The van der Waals surface area contributed by atoms with E-state index < -0.39 is 0 Å². The Kier molecular flexibility index (Phi) is 5.81. The smallest absolute Gasteiger partial charge is 0.282 e. The number of nitrogens with zero attached hydrogens (tertiary/aromatic N) is 2. The molecular weight excluding hydrogens is 377 g/mol. The molecule has 4 nitrogen and oxygen atoms in total. The quantitative estimate of drug-likeness (QED) is 0.677. The third-order valence-electron chi connectivity index (χ3n) is 3.26. The number of hydrogen-bond donors (Lipinski definition) is 1. The standard InChI is InChI=1S/C18H13Cl2N3OS/c19-14-8-4-7-13(9-14)10-15(20)17-22-23-18(25-17)16(24)21-11-12-5-2-1-3-6-12/h1-10H,11H2,(H,21,24)/b15-10-. The van der Waals surface area contributed by atoms with Gasteiger partial charge in [0.15, 0.2) is 5.01 Å². The van der Waals surface area contributed by atoms with E-state index in [1.807, 2.05) is 42.5 Å². The molecule has 0 aliphatic rings. The molecule has 1 N–H and O–H groups in total. The molecule has 1 aromatic heterocycles. The van der Waals surface area contributed by atoms with E-state index in [1.54, 1.807) is 18.2 Å². The molecule has 0 saturated carbocycles. The Morgan fingerprint density at radius 3 is 2.60 bits per heavy atom. The highest BCUT2D eigenvalue weighted by Gasteiger charge is 2.14. The lowest BCUT2D eigenvalue weighted by Gasteiger charge is -2.02. The Balaban J connectivity index is 1.68. The van der Waals surface area contributed by atoms with Gasteiger partial charge >= 0.3 is 0 Å². The summed E-state index contributed by atoms with van der Waals surface area (Å²) in [7, 11) is 0. The van der Waals surface area contributed by atoms with Crippen LogP contribution in [0.25, 0.3) is 11.1 Å². The number of nitrogens with one attached hydrogen (secondary N) is 1. The first-order chi connectivity index (χ1) is 12.1. The van der Waals surface area contributed by atoms with Crippen LogP contribution in [0, 0.1) is 0 Å². The molecule has 126 valence electrons. The third kappa shape index (κ3) is 4.89. The summed E-state index contributed by atoms with van der Waals surface area (Å²) in [6, 6.07) is 16.9. The van der Waals surface area contributed by atoms with Gasteiger partial charge in [-0.3, -0.25) is 4.79 Å². The van der Waals surface area contributed by atoms with E-state index in [0.717, 1.165) is 22.5 Å². The van der Waals surface area contributed by atoms with Crippen LogP contribution in [-0.4, -0.2) is 16.1 Å². The van der Waals surface area contributed by atoms with Gasteiger partial charge in [-0.15, -0.1) is 10.2 Å². The number of benzene rings is 2. The number of aromatic nitrogens is 2. The summed E-state index contributed by atoms with van der Waals surface area (Å²) in [4.78, 5) is 12.2. The van der Waals surface area contributed by atoms with E-state index in [-0.39, 0.29) is 10.9 Å². The average molecular weight is 390 g/mol. The fourth-order valence-corrected chi connectivity index (χ4v) is 3.22. The minimum atomic E-state index is -0.278. The number of hydrogen-bond acceptors (Lipinski definition) is 4. The van der Waals surface area contributed by atoms with Gasteiger partial charge in [0.1, 0.15) is 0 Å². The van der Waals surface area contributed by atoms with Crippen molar-refractivity contribution >= 4 is 51.6 Å². The van der Waals surface area contributed by atoms with E-state index in [2.05, 4.69) is 15.5 Å². The normalized spacial score (nSPS) is 11.4. The maximum atomic E-state index is 12.2. The molecule has 0 spiro atoms. The Hall–Kier alpha value is -2.21. The summed E-state index contributed by atoms with van der Waals surface area (Å²) >= 11 is 13.4. The molecule has 0 fully saturated rings. The zero-order valence-electron chi connectivity index (χ0n) is 12.9. The molecule has 0 aliphatic carbocycles. The minimum absolute atomic E-state index is 0.267. The largest absolute Gasteiger partial charge is 0.346 e. The predicted molar refractivity (Wildman–Crippen MR) is 103 cm³/mol. The molecule has 0 unspecified atom stereocenters. The zero-order chi connectivity index (χ0) is 17.6. The molecule has 3 rings (SSSR count). The van der Waals surface area contributed by atoms with Crippen molar-refractivity contribution in [3.05, 3.63) is 80.8 Å². The van der Waals surface area contributed by atoms with E-state index >= 15 is 0 Å². The fourth-order valence-electron chi connectivity index (χ4n) is 2.07. The van der Waals surface area contributed by atoms with Crippen LogP contribution in [0.15, 0.2) is 54.6 Å². The highest BCUT2D eigenvalue weighted by molar-refractivity contribution is 7.15. The van der Waals surface area contributed by atoms with Gasteiger partial charge in [0.2, 0.25) is 5.01 Å². The lowest BCUT2D eigenvalue weighted by atomic mass is 10.2. The maximum absolute atomic E-state index is 12.2. The van der Waals surface area contributed by atoms with Gasteiger partial charge in [0.25, 0.3) is 5.91 Å². The summed E-state index contributed by atoms with van der Waals surface area (Å²) in [5, 5.41) is 12.5. The monoisotopic (exact) mass is 389 g/mol. The second-order valence-electron chi connectivity index (χ2n) is 5.13. The number of carbonyl (C=O) groups excluding carboxylic acids is 1. The molecule has 0 atom stereocenters. The first-order valence-corrected chi connectivity index (χ1v) is 8.98. The van der Waals surface area contributed by atoms with Crippen LogP contribution in [-0.2, 0) is 6.54 Å². The summed E-state index contributed by atoms with van der Waals surface area (Å²) in [6.07, 6.45) is 1.74. The molecule has 0 aliphatic heterocycles. The fraction of sp³-hybridized carbons (Fsp3) is 0.0556. The van der Waals surface area contributed by atoms with Crippen molar-refractivity contribution in [3.8, 4) is 0 Å². The second kappa shape index (κ2) is 8.25. The predicted octanol–water partition coefficient (Wildman–Crippen LogP) is 4.86. The lowest BCUT2D eigenvalue weighted by Crippen LogP contribution is -2.22. The van der Waals surface area contributed by atoms with Crippen molar-refractivity contribution in [2.45, 2.75) is 6.54 Å². The van der Waals surface area contributed by atoms with Crippen molar-refractivity contribution in [2.24, 2.45) is 0 Å².